The van der Waals surface area contributed by atoms with Gasteiger partial charge in [0, 0.05) is 13.0 Å². The number of aryl methyl sites for hydroxylation is 1. The fraction of sp³-hybridized carbons (Fsp3) is 0.500. The zero-order chi connectivity index (χ0) is 9.84. The summed E-state index contributed by atoms with van der Waals surface area (Å²) in [5.41, 5.74) is 6.80. The smallest absolute Gasteiger partial charge is 0.248 e. The van der Waals surface area contributed by atoms with Gasteiger partial charge in [-0.2, -0.15) is 5.10 Å². The Bertz CT molecular complexity index is 286. The number of aromatic nitrogens is 2. The number of anilines is 1. The summed E-state index contributed by atoms with van der Waals surface area (Å²) in [5.74, 6) is -0.0471. The third kappa shape index (κ3) is 2.29. The number of carbonyl (C=O) groups is 1. The highest BCUT2D eigenvalue weighted by atomic mass is 16.2. The molecule has 1 aromatic rings. The van der Waals surface area contributed by atoms with Crippen LogP contribution in [0.4, 0.5) is 5.69 Å². The van der Waals surface area contributed by atoms with Gasteiger partial charge in [-0.15, -0.1) is 0 Å². The molecular formula is C8H14N4O. The van der Waals surface area contributed by atoms with Crippen LogP contribution in [-0.2, 0) is 0 Å². The van der Waals surface area contributed by atoms with E-state index in [2.05, 4.69) is 10.4 Å². The number of carbonyl (C=O) groups excluding carboxylic acids is 1. The van der Waals surface area contributed by atoms with Gasteiger partial charge in [0.05, 0.1) is 17.6 Å². The third-order valence-corrected chi connectivity index (χ3v) is 1.78. The van der Waals surface area contributed by atoms with Gasteiger partial charge in [0.25, 0.3) is 0 Å². The lowest BCUT2D eigenvalue weighted by Gasteiger charge is -1.98. The molecule has 1 rings (SSSR count). The molecule has 0 aliphatic rings. The minimum absolute atomic E-state index is 0.0471. The molecule has 0 radical (unpaired) electrons. The van der Waals surface area contributed by atoms with Gasteiger partial charge in [0.2, 0.25) is 5.91 Å². The summed E-state index contributed by atoms with van der Waals surface area (Å²) >= 11 is 0. The Hall–Kier alpha value is -1.36. The highest BCUT2D eigenvalue weighted by molar-refractivity contribution is 5.78. The van der Waals surface area contributed by atoms with Crippen LogP contribution in [0.5, 0.6) is 0 Å². The van der Waals surface area contributed by atoms with E-state index in [1.165, 1.54) is 4.68 Å². The second-order valence-electron chi connectivity index (χ2n) is 2.86. The van der Waals surface area contributed by atoms with Gasteiger partial charge >= 0.3 is 0 Å². The molecular weight excluding hydrogens is 168 g/mol. The molecule has 0 bridgehead atoms. The molecule has 0 aromatic carbocycles. The van der Waals surface area contributed by atoms with Crippen molar-refractivity contribution in [3.8, 4) is 0 Å². The van der Waals surface area contributed by atoms with Crippen molar-refractivity contribution in [3.63, 3.8) is 0 Å². The zero-order valence-electron chi connectivity index (χ0n) is 7.87. The monoisotopic (exact) mass is 182 g/mol. The molecule has 0 aliphatic carbocycles. The topological polar surface area (TPSA) is 72.9 Å². The molecule has 1 heterocycles. The molecule has 3 N–H and O–H groups in total. The summed E-state index contributed by atoms with van der Waals surface area (Å²) in [7, 11) is 1.80. The van der Waals surface area contributed by atoms with Gasteiger partial charge in [-0.1, -0.05) is 0 Å². The highest BCUT2D eigenvalue weighted by Crippen LogP contribution is 2.06. The zero-order valence-corrected chi connectivity index (χ0v) is 7.87. The number of nitrogens with one attached hydrogen (secondary N) is 1. The van der Waals surface area contributed by atoms with Crippen LogP contribution in [0, 0.1) is 6.92 Å². The summed E-state index contributed by atoms with van der Waals surface area (Å²) in [5, 5.41) is 6.87. The lowest BCUT2D eigenvalue weighted by molar-refractivity contribution is 0.0887. The van der Waals surface area contributed by atoms with E-state index in [0.29, 0.717) is 24.3 Å². The first-order chi connectivity index (χ1) is 6.15. The first kappa shape index (κ1) is 9.73. The number of nitrogens with two attached hydrogens (primary N) is 1. The van der Waals surface area contributed by atoms with E-state index in [4.69, 9.17) is 5.73 Å². The second-order valence-corrected chi connectivity index (χ2v) is 2.86. The minimum Gasteiger partial charge on any atom is -0.396 e. The van der Waals surface area contributed by atoms with Gasteiger partial charge in [0.1, 0.15) is 0 Å². The van der Waals surface area contributed by atoms with E-state index in [0.717, 1.165) is 0 Å². The maximum absolute atomic E-state index is 11.4. The van der Waals surface area contributed by atoms with E-state index in [9.17, 15) is 4.79 Å². The number of nitrogen functional groups attached to an aromatic ring is 1. The van der Waals surface area contributed by atoms with E-state index in [1.807, 2.05) is 0 Å². The number of rotatable bonds is 3. The molecule has 0 atom stereocenters. The quantitative estimate of drug-likeness (QED) is 0.691. The van der Waals surface area contributed by atoms with Gasteiger partial charge in [-0.05, 0) is 14.0 Å². The number of hydrogen-bond donors (Lipinski definition) is 2. The van der Waals surface area contributed by atoms with Crippen LogP contribution in [0.1, 0.15) is 16.9 Å². The first-order valence-corrected chi connectivity index (χ1v) is 4.14. The van der Waals surface area contributed by atoms with Crippen molar-refractivity contribution in [2.24, 2.45) is 0 Å². The van der Waals surface area contributed by atoms with Crippen molar-refractivity contribution in [1.29, 1.82) is 0 Å². The Morgan fingerprint density at radius 1 is 1.77 bits per heavy atom. The van der Waals surface area contributed by atoms with Crippen molar-refractivity contribution in [2.75, 3.05) is 19.3 Å². The molecule has 5 heteroatoms. The Kier molecular flexibility index (Phi) is 3.02. The molecule has 5 nitrogen and oxygen atoms in total. The Labute approximate surface area is 76.9 Å². The van der Waals surface area contributed by atoms with E-state index in [-0.39, 0.29) is 5.91 Å². The predicted octanol–water partition coefficient (Wildman–Crippen LogP) is 0.0234. The molecule has 13 heavy (non-hydrogen) atoms. The second kappa shape index (κ2) is 4.04. The lowest BCUT2D eigenvalue weighted by Crippen LogP contribution is -2.18. The summed E-state index contributed by atoms with van der Waals surface area (Å²) in [6.45, 7) is 2.43. The summed E-state index contributed by atoms with van der Waals surface area (Å²) in [6, 6.07) is 0. The average molecular weight is 182 g/mol. The first-order valence-electron chi connectivity index (χ1n) is 4.14. The van der Waals surface area contributed by atoms with Gasteiger partial charge < -0.3 is 11.1 Å². The van der Waals surface area contributed by atoms with E-state index < -0.39 is 0 Å². The van der Waals surface area contributed by atoms with Gasteiger partial charge in [-0.3, -0.25) is 4.79 Å². The molecule has 0 aliphatic heterocycles. The van der Waals surface area contributed by atoms with Crippen molar-refractivity contribution >= 4 is 11.6 Å². The lowest BCUT2D eigenvalue weighted by atomic mass is 10.4. The maximum atomic E-state index is 11.4. The van der Waals surface area contributed by atoms with Crippen LogP contribution in [0.25, 0.3) is 0 Å². The summed E-state index contributed by atoms with van der Waals surface area (Å²) in [4.78, 5) is 11.4. The molecule has 0 amide bonds. The van der Waals surface area contributed by atoms with Crippen LogP contribution in [0.2, 0.25) is 0 Å². The molecule has 1 aromatic heterocycles. The fourth-order valence-electron chi connectivity index (χ4n) is 0.948. The van der Waals surface area contributed by atoms with Crippen LogP contribution in [-0.4, -0.2) is 29.3 Å². The summed E-state index contributed by atoms with van der Waals surface area (Å²) in [6.07, 6.45) is 1.98. The summed E-state index contributed by atoms with van der Waals surface area (Å²) < 4.78 is 1.29. The van der Waals surface area contributed by atoms with Crippen LogP contribution in [0.3, 0.4) is 0 Å². The Morgan fingerprint density at radius 3 is 2.92 bits per heavy atom. The standard InChI is InChI=1S/C8H14N4O/c1-6-7(9)5-12(11-6)8(13)3-4-10-2/h5,10H,3-4,9H2,1-2H3. The van der Waals surface area contributed by atoms with Crippen molar-refractivity contribution < 1.29 is 4.79 Å². The number of nitrogens with zero attached hydrogens (tertiary/aromatic N) is 2. The van der Waals surface area contributed by atoms with Gasteiger partial charge in [0.15, 0.2) is 0 Å². The van der Waals surface area contributed by atoms with Crippen LogP contribution >= 0.6 is 0 Å². The average Bonchev–Trinajstić information content (AvgIpc) is 2.43. The molecule has 0 saturated carbocycles. The van der Waals surface area contributed by atoms with Crippen molar-refractivity contribution in [1.82, 2.24) is 15.1 Å². The highest BCUT2D eigenvalue weighted by Gasteiger charge is 2.07. The fourth-order valence-corrected chi connectivity index (χ4v) is 0.948. The molecule has 0 saturated heterocycles. The Balaban J connectivity index is 2.66. The third-order valence-electron chi connectivity index (χ3n) is 1.78. The largest absolute Gasteiger partial charge is 0.396 e. The van der Waals surface area contributed by atoms with Crippen molar-refractivity contribution in [3.05, 3.63) is 11.9 Å². The molecule has 0 fully saturated rings. The van der Waals surface area contributed by atoms with E-state index in [1.54, 1.807) is 20.2 Å². The van der Waals surface area contributed by atoms with E-state index >= 15 is 0 Å². The van der Waals surface area contributed by atoms with Crippen LogP contribution in [0.15, 0.2) is 6.20 Å². The minimum atomic E-state index is -0.0471. The van der Waals surface area contributed by atoms with Crippen LogP contribution < -0.4 is 11.1 Å². The molecule has 72 valence electrons. The number of hydrogen-bond acceptors (Lipinski definition) is 4. The van der Waals surface area contributed by atoms with Crippen molar-refractivity contribution in [2.45, 2.75) is 13.3 Å². The van der Waals surface area contributed by atoms with Gasteiger partial charge in [-0.25, -0.2) is 4.68 Å². The SMILES string of the molecule is CNCCC(=O)n1cc(N)c(C)n1. The predicted molar refractivity (Wildman–Crippen MR) is 50.5 cm³/mol. The molecule has 0 spiro atoms. The molecule has 0 unspecified atom stereocenters. The maximum Gasteiger partial charge on any atom is 0.248 e. The normalized spacial score (nSPS) is 10.3. The Morgan fingerprint density at radius 2 is 2.46 bits per heavy atom.